The molecule has 0 bridgehead atoms. The monoisotopic (exact) mass is 378 g/mol. The third-order valence-electron chi connectivity index (χ3n) is 5.32. The van der Waals surface area contributed by atoms with E-state index in [2.05, 4.69) is 24.1 Å². The fraction of sp³-hybridized carbons (Fsp3) is 0.727. The van der Waals surface area contributed by atoms with Gasteiger partial charge in [0.25, 0.3) is 0 Å². The van der Waals surface area contributed by atoms with Crippen molar-refractivity contribution in [2.75, 3.05) is 6.54 Å². The van der Waals surface area contributed by atoms with E-state index in [1.807, 2.05) is 13.1 Å². The topological polar surface area (TPSA) is 75.7 Å². The third-order valence-corrected chi connectivity index (χ3v) is 5.32. The molecule has 1 heterocycles. The van der Waals surface area contributed by atoms with Crippen molar-refractivity contribution in [3.8, 4) is 0 Å². The van der Waals surface area contributed by atoms with Crippen molar-refractivity contribution in [1.29, 1.82) is 0 Å². The Kier molecular flexibility index (Phi) is 11.9. The van der Waals surface area contributed by atoms with E-state index in [1.165, 1.54) is 57.8 Å². The predicted octanol–water partition coefficient (Wildman–Crippen LogP) is 5.33. The van der Waals surface area contributed by atoms with Gasteiger partial charge in [0.05, 0.1) is 6.20 Å². The molecule has 0 saturated heterocycles. The molecular formula is C22H40N3O2+. The first-order valence-electron chi connectivity index (χ1n) is 10.8. The second-order valence-electron chi connectivity index (χ2n) is 7.69. The van der Waals surface area contributed by atoms with Crippen molar-refractivity contribution in [3.05, 3.63) is 24.6 Å². The van der Waals surface area contributed by atoms with Crippen LogP contribution in [0.25, 0.3) is 0 Å². The normalized spacial score (nSPS) is 20.3. The summed E-state index contributed by atoms with van der Waals surface area (Å²) >= 11 is 0. The van der Waals surface area contributed by atoms with Crippen LogP contribution in [0.3, 0.4) is 0 Å². The summed E-state index contributed by atoms with van der Waals surface area (Å²) in [5, 5.41) is 9.22. The maximum Gasteiger partial charge on any atom is 0.360 e. The molecule has 154 valence electrons. The number of hydrogen-bond acceptors (Lipinski definition) is 3. The third kappa shape index (κ3) is 8.85. The Morgan fingerprint density at radius 3 is 2.30 bits per heavy atom. The summed E-state index contributed by atoms with van der Waals surface area (Å²) in [7, 11) is 0. The van der Waals surface area contributed by atoms with Gasteiger partial charge >= 0.3 is 5.97 Å². The number of hydrogen-bond donors (Lipinski definition) is 2. The number of carboxylic acid groups (broad SMARTS) is 1. The molecule has 0 amide bonds. The standard InChI is InChI=1S/C22H39N3O2/c1-3-4-5-6-7-8-9-10-11-12-13-14-15-16-21-24-17-18-25(21,20(2)23)19-22(26)27/h8-9,17-18,20H,3-7,10-16,19,23H2,1-2H3/p+1/b9-8+. The van der Waals surface area contributed by atoms with Crippen LogP contribution in [-0.4, -0.2) is 34.1 Å². The SMILES string of the molecule is CCCCCC/C=C/CCCCCCCC1=NC=C[N+]1(CC(=O)O)C(C)N. The van der Waals surface area contributed by atoms with E-state index in [1.54, 1.807) is 6.20 Å². The zero-order chi connectivity index (χ0) is 20.0. The number of quaternary nitrogens is 1. The van der Waals surface area contributed by atoms with Crippen LogP contribution in [0.15, 0.2) is 29.5 Å². The highest BCUT2D eigenvalue weighted by molar-refractivity contribution is 5.81. The first-order chi connectivity index (χ1) is 13.0. The van der Waals surface area contributed by atoms with Crippen LogP contribution >= 0.6 is 0 Å². The Morgan fingerprint density at radius 2 is 1.70 bits per heavy atom. The van der Waals surface area contributed by atoms with Gasteiger partial charge in [0, 0.05) is 13.3 Å². The second kappa shape index (κ2) is 13.7. The molecule has 1 rings (SSSR count). The number of aliphatic imine (C=N–C) groups is 1. The lowest BCUT2D eigenvalue weighted by molar-refractivity contribution is -0.805. The predicted molar refractivity (Wildman–Crippen MR) is 113 cm³/mol. The number of rotatable bonds is 16. The molecule has 0 radical (unpaired) electrons. The van der Waals surface area contributed by atoms with E-state index in [0.717, 1.165) is 25.1 Å². The van der Waals surface area contributed by atoms with Crippen LogP contribution in [0.4, 0.5) is 0 Å². The van der Waals surface area contributed by atoms with Crippen LogP contribution in [0.5, 0.6) is 0 Å². The summed E-state index contributed by atoms with van der Waals surface area (Å²) in [4.78, 5) is 15.6. The Bertz CT molecular complexity index is 512. The van der Waals surface area contributed by atoms with Crippen LogP contribution in [0.1, 0.15) is 90.9 Å². The molecule has 0 aliphatic carbocycles. The zero-order valence-electron chi connectivity index (χ0n) is 17.4. The minimum atomic E-state index is -0.843. The minimum Gasteiger partial charge on any atom is -0.477 e. The number of aliphatic carboxylic acids is 1. The Labute approximate surface area is 165 Å². The number of amidine groups is 1. The van der Waals surface area contributed by atoms with Crippen LogP contribution in [0.2, 0.25) is 0 Å². The quantitative estimate of drug-likeness (QED) is 0.216. The zero-order valence-corrected chi connectivity index (χ0v) is 17.4. The highest BCUT2D eigenvalue weighted by Gasteiger charge is 2.40. The van der Waals surface area contributed by atoms with Gasteiger partial charge in [-0.25, -0.2) is 14.3 Å². The van der Waals surface area contributed by atoms with Crippen molar-refractivity contribution in [1.82, 2.24) is 0 Å². The number of allylic oxidation sites excluding steroid dienone is 2. The maximum atomic E-state index is 11.2. The Balaban J connectivity index is 2.12. The lowest BCUT2D eigenvalue weighted by atomic mass is 10.1. The number of carboxylic acids is 1. The fourth-order valence-electron chi connectivity index (χ4n) is 3.59. The number of nitrogens with zero attached hydrogens (tertiary/aromatic N) is 2. The van der Waals surface area contributed by atoms with E-state index in [-0.39, 0.29) is 17.2 Å². The molecule has 27 heavy (non-hydrogen) atoms. The van der Waals surface area contributed by atoms with Crippen molar-refractivity contribution in [2.24, 2.45) is 10.7 Å². The van der Waals surface area contributed by atoms with Gasteiger partial charge < -0.3 is 5.11 Å². The molecule has 0 fully saturated rings. The van der Waals surface area contributed by atoms with Crippen molar-refractivity contribution < 1.29 is 14.4 Å². The summed E-state index contributed by atoms with van der Waals surface area (Å²) in [6.45, 7) is 4.07. The van der Waals surface area contributed by atoms with Crippen LogP contribution in [0, 0.1) is 0 Å². The summed E-state index contributed by atoms with van der Waals surface area (Å²) in [6, 6.07) is 0. The molecule has 1 aliphatic heterocycles. The molecular weight excluding hydrogens is 338 g/mol. The molecule has 5 nitrogen and oxygen atoms in total. The highest BCUT2D eigenvalue weighted by Crippen LogP contribution is 2.23. The summed E-state index contributed by atoms with van der Waals surface area (Å²) in [5.74, 6) is 0.0448. The lowest BCUT2D eigenvalue weighted by Gasteiger charge is -2.34. The van der Waals surface area contributed by atoms with Gasteiger partial charge in [0.1, 0.15) is 12.4 Å². The molecule has 2 atom stereocenters. The average Bonchev–Trinajstić information content (AvgIpc) is 3.02. The van der Waals surface area contributed by atoms with Gasteiger partial charge in [0.15, 0.2) is 6.54 Å². The van der Waals surface area contributed by atoms with Gasteiger partial charge in [-0.3, -0.25) is 5.73 Å². The largest absolute Gasteiger partial charge is 0.477 e. The molecule has 0 spiro atoms. The van der Waals surface area contributed by atoms with Crippen molar-refractivity contribution in [3.63, 3.8) is 0 Å². The first kappa shape index (κ1) is 23.6. The van der Waals surface area contributed by atoms with E-state index in [0.29, 0.717) is 0 Å². The molecule has 5 heteroatoms. The molecule has 3 N–H and O–H groups in total. The minimum absolute atomic E-state index is 0.0300. The van der Waals surface area contributed by atoms with Gasteiger partial charge in [0.2, 0.25) is 5.84 Å². The molecule has 1 aliphatic rings. The fourth-order valence-corrected chi connectivity index (χ4v) is 3.59. The van der Waals surface area contributed by atoms with Crippen LogP contribution in [-0.2, 0) is 4.79 Å². The van der Waals surface area contributed by atoms with E-state index in [9.17, 15) is 9.90 Å². The van der Waals surface area contributed by atoms with E-state index >= 15 is 0 Å². The second-order valence-corrected chi connectivity index (χ2v) is 7.69. The average molecular weight is 379 g/mol. The van der Waals surface area contributed by atoms with Crippen LogP contribution < -0.4 is 5.73 Å². The number of nitrogens with two attached hydrogens (primary N) is 1. The van der Waals surface area contributed by atoms with E-state index < -0.39 is 5.97 Å². The maximum absolute atomic E-state index is 11.2. The summed E-state index contributed by atoms with van der Waals surface area (Å²) in [6.07, 6.45) is 22.4. The molecule has 0 aromatic heterocycles. The smallest absolute Gasteiger partial charge is 0.360 e. The van der Waals surface area contributed by atoms with Crippen molar-refractivity contribution >= 4 is 11.8 Å². The van der Waals surface area contributed by atoms with E-state index in [4.69, 9.17) is 5.73 Å². The first-order valence-corrected chi connectivity index (χ1v) is 10.8. The molecule has 0 aromatic carbocycles. The number of carbonyl (C=O) groups is 1. The van der Waals surface area contributed by atoms with Gasteiger partial charge in [-0.2, -0.15) is 0 Å². The van der Waals surface area contributed by atoms with Gasteiger partial charge in [-0.1, -0.05) is 57.6 Å². The van der Waals surface area contributed by atoms with Gasteiger partial charge in [-0.15, -0.1) is 0 Å². The molecule has 2 unspecified atom stereocenters. The summed E-state index contributed by atoms with van der Waals surface area (Å²) in [5.41, 5.74) is 6.09. The number of unbranched alkanes of at least 4 members (excludes halogenated alkanes) is 9. The molecule has 0 saturated carbocycles. The Hall–Kier alpha value is -1.46. The van der Waals surface area contributed by atoms with Gasteiger partial charge in [-0.05, 0) is 32.1 Å². The summed E-state index contributed by atoms with van der Waals surface area (Å²) < 4.78 is 0.165. The van der Waals surface area contributed by atoms with Crippen molar-refractivity contribution in [2.45, 2.75) is 97.1 Å². The lowest BCUT2D eigenvalue weighted by Crippen LogP contribution is -2.59. The molecule has 0 aromatic rings. The Morgan fingerprint density at radius 1 is 1.11 bits per heavy atom. The highest BCUT2D eigenvalue weighted by atomic mass is 16.4.